The molecule has 0 aliphatic rings. The molecule has 4 nitrogen and oxygen atoms in total. The first-order valence-electron chi connectivity index (χ1n) is 22.3. The molecule has 0 radical (unpaired) electrons. The number of rotatable bonds is 7. The second-order valence-electron chi connectivity index (χ2n) is 16.8. The normalized spacial score (nSPS) is 11.6. The number of thiophene rings is 1. The Hall–Kier alpha value is -8.51. The van der Waals surface area contributed by atoms with Crippen LogP contribution in [0, 0.1) is 0 Å². The molecule has 0 unspecified atom stereocenters. The Bertz CT molecular complexity index is 3960. The lowest BCUT2D eigenvalue weighted by molar-refractivity contribution is 1.07. The Morgan fingerprint density at radius 1 is 0.303 bits per heavy atom. The third-order valence-electron chi connectivity index (χ3n) is 12.8. The van der Waals surface area contributed by atoms with Gasteiger partial charge in [0.2, 0.25) is 0 Å². The topological polar surface area (TPSA) is 43.6 Å². The number of aromatic nitrogens is 4. The minimum atomic E-state index is 0.602. The zero-order valence-electron chi connectivity index (χ0n) is 35.6. The summed E-state index contributed by atoms with van der Waals surface area (Å²) < 4.78 is 4.95. The fourth-order valence-electron chi connectivity index (χ4n) is 9.67. The molecule has 0 bridgehead atoms. The molecule has 0 spiro atoms. The van der Waals surface area contributed by atoms with Crippen molar-refractivity contribution in [3.05, 3.63) is 231 Å². The summed E-state index contributed by atoms with van der Waals surface area (Å²) in [5.41, 5.74) is 12.9. The number of fused-ring (bicyclic) bond motifs is 7. The highest BCUT2D eigenvalue weighted by Crippen LogP contribution is 2.42. The van der Waals surface area contributed by atoms with Gasteiger partial charge in [0, 0.05) is 53.2 Å². The van der Waals surface area contributed by atoms with E-state index in [1.165, 1.54) is 47.3 Å². The maximum absolute atomic E-state index is 5.37. The molecule has 3 heterocycles. The zero-order chi connectivity index (χ0) is 43.6. The quantitative estimate of drug-likeness (QED) is 0.160. The van der Waals surface area contributed by atoms with Crippen molar-refractivity contribution in [2.75, 3.05) is 0 Å². The average Bonchev–Trinajstić information content (AvgIpc) is 3.95. The molecular formula is C61H38N4S. The molecule has 0 N–H and O–H groups in total. The summed E-state index contributed by atoms with van der Waals surface area (Å²) in [6, 6.07) is 82.3. The van der Waals surface area contributed by atoms with E-state index in [9.17, 15) is 0 Å². The van der Waals surface area contributed by atoms with Gasteiger partial charge in [-0.2, -0.15) is 0 Å². The summed E-state index contributed by atoms with van der Waals surface area (Å²) in [5, 5.41) is 7.39. The second-order valence-corrected chi connectivity index (χ2v) is 17.8. The molecule has 0 saturated heterocycles. The van der Waals surface area contributed by atoms with Gasteiger partial charge in [0.25, 0.3) is 0 Å². The van der Waals surface area contributed by atoms with Gasteiger partial charge in [0.1, 0.15) is 0 Å². The summed E-state index contributed by atoms with van der Waals surface area (Å²) >= 11 is 1.84. The smallest absolute Gasteiger partial charge is 0.164 e. The first-order valence-corrected chi connectivity index (χ1v) is 23.1. The molecular weight excluding hydrogens is 821 g/mol. The highest BCUT2D eigenvalue weighted by molar-refractivity contribution is 7.26. The minimum absolute atomic E-state index is 0.602. The van der Waals surface area contributed by atoms with Gasteiger partial charge < -0.3 is 4.57 Å². The first-order chi connectivity index (χ1) is 32.7. The van der Waals surface area contributed by atoms with Crippen LogP contribution in [0.5, 0.6) is 0 Å². The van der Waals surface area contributed by atoms with Crippen molar-refractivity contribution in [2.45, 2.75) is 0 Å². The Morgan fingerprint density at radius 3 is 1.56 bits per heavy atom. The van der Waals surface area contributed by atoms with Crippen molar-refractivity contribution >= 4 is 64.1 Å². The molecule has 0 aliphatic carbocycles. The van der Waals surface area contributed by atoms with Crippen LogP contribution < -0.4 is 0 Å². The summed E-state index contributed by atoms with van der Waals surface area (Å²) in [5.74, 6) is 1.83. The third-order valence-corrected chi connectivity index (χ3v) is 14.1. The zero-order valence-corrected chi connectivity index (χ0v) is 36.5. The maximum Gasteiger partial charge on any atom is 0.164 e. The molecule has 66 heavy (non-hydrogen) atoms. The van der Waals surface area contributed by atoms with E-state index in [1.54, 1.807) is 0 Å². The number of hydrogen-bond donors (Lipinski definition) is 0. The number of nitrogens with zero attached hydrogens (tertiary/aromatic N) is 4. The molecule has 3 aromatic heterocycles. The highest BCUT2D eigenvalue weighted by atomic mass is 32.1. The number of benzene rings is 10. The van der Waals surface area contributed by atoms with Crippen LogP contribution in [0.25, 0.3) is 126 Å². The lowest BCUT2D eigenvalue weighted by Crippen LogP contribution is -2.02. The summed E-state index contributed by atoms with van der Waals surface area (Å²) in [6.45, 7) is 0. The third kappa shape index (κ3) is 6.48. The standard InChI is InChI=1S/C61H38N4S/c1-2-16-40(17-3-1)48-34-33-47(38-56(48)65-54-28-9-6-23-50(54)51-24-7-10-29-55(51)65)61-63-59(45-21-12-19-42(36-45)43-32-31-39-15-4-5-18-41(39)35-43)62-60(64-61)46-22-13-20-44(37-46)49-26-14-27-53-52-25-8-11-30-57(52)66-58(49)53/h1-38H. The fourth-order valence-corrected chi connectivity index (χ4v) is 10.9. The van der Waals surface area contributed by atoms with Crippen LogP contribution >= 0.6 is 11.3 Å². The van der Waals surface area contributed by atoms with E-state index in [4.69, 9.17) is 15.0 Å². The van der Waals surface area contributed by atoms with Crippen LogP contribution in [0.2, 0.25) is 0 Å². The minimum Gasteiger partial charge on any atom is -0.309 e. The maximum atomic E-state index is 5.37. The molecule has 0 saturated carbocycles. The van der Waals surface area contributed by atoms with Crippen molar-refractivity contribution in [3.8, 4) is 73.2 Å². The van der Waals surface area contributed by atoms with E-state index in [-0.39, 0.29) is 0 Å². The monoisotopic (exact) mass is 858 g/mol. The van der Waals surface area contributed by atoms with Gasteiger partial charge in [-0.3, -0.25) is 0 Å². The average molecular weight is 859 g/mol. The van der Waals surface area contributed by atoms with Crippen molar-refractivity contribution < 1.29 is 0 Å². The van der Waals surface area contributed by atoms with Gasteiger partial charge in [-0.1, -0.05) is 188 Å². The van der Waals surface area contributed by atoms with E-state index < -0.39 is 0 Å². The van der Waals surface area contributed by atoms with Gasteiger partial charge >= 0.3 is 0 Å². The van der Waals surface area contributed by atoms with Gasteiger partial charge in [-0.25, -0.2) is 15.0 Å². The summed E-state index contributed by atoms with van der Waals surface area (Å²) in [7, 11) is 0. The molecule has 5 heteroatoms. The fraction of sp³-hybridized carbons (Fsp3) is 0. The largest absolute Gasteiger partial charge is 0.309 e. The van der Waals surface area contributed by atoms with Crippen molar-refractivity contribution in [1.82, 2.24) is 19.5 Å². The van der Waals surface area contributed by atoms with E-state index in [2.05, 4.69) is 235 Å². The van der Waals surface area contributed by atoms with E-state index in [1.807, 2.05) is 11.3 Å². The molecule has 0 atom stereocenters. The van der Waals surface area contributed by atoms with Crippen molar-refractivity contribution in [3.63, 3.8) is 0 Å². The molecule has 10 aromatic carbocycles. The van der Waals surface area contributed by atoms with Crippen LogP contribution in [0.3, 0.4) is 0 Å². The van der Waals surface area contributed by atoms with Crippen molar-refractivity contribution in [1.29, 1.82) is 0 Å². The Kier molecular flexibility index (Phi) is 9.00. The first kappa shape index (κ1) is 38.0. The van der Waals surface area contributed by atoms with Gasteiger partial charge in [0.05, 0.1) is 16.7 Å². The van der Waals surface area contributed by atoms with Gasteiger partial charge in [-0.15, -0.1) is 11.3 Å². The number of para-hydroxylation sites is 2. The molecule has 13 aromatic rings. The van der Waals surface area contributed by atoms with Gasteiger partial charge in [0.15, 0.2) is 17.5 Å². The summed E-state index contributed by atoms with van der Waals surface area (Å²) in [4.78, 5) is 16.0. The summed E-state index contributed by atoms with van der Waals surface area (Å²) in [6.07, 6.45) is 0. The van der Waals surface area contributed by atoms with E-state index in [0.717, 1.165) is 61.2 Å². The van der Waals surface area contributed by atoms with Gasteiger partial charge in [-0.05, 0) is 81.1 Å². The predicted molar refractivity (Wildman–Crippen MR) is 277 cm³/mol. The van der Waals surface area contributed by atoms with Crippen LogP contribution in [-0.2, 0) is 0 Å². The second kappa shape index (κ2) is 15.6. The molecule has 0 amide bonds. The lowest BCUT2D eigenvalue weighted by atomic mass is 9.99. The molecule has 13 rings (SSSR count). The van der Waals surface area contributed by atoms with Crippen LogP contribution in [0.1, 0.15) is 0 Å². The molecule has 0 aliphatic heterocycles. The highest BCUT2D eigenvalue weighted by Gasteiger charge is 2.20. The van der Waals surface area contributed by atoms with E-state index >= 15 is 0 Å². The van der Waals surface area contributed by atoms with Crippen LogP contribution in [-0.4, -0.2) is 19.5 Å². The molecule has 0 fully saturated rings. The van der Waals surface area contributed by atoms with Crippen molar-refractivity contribution in [2.24, 2.45) is 0 Å². The molecule has 308 valence electrons. The number of hydrogen-bond acceptors (Lipinski definition) is 4. The van der Waals surface area contributed by atoms with Crippen LogP contribution in [0.15, 0.2) is 231 Å². The SMILES string of the molecule is c1ccc(-c2ccc(-c3nc(-c4cccc(-c5ccc6ccccc6c5)c4)nc(-c4cccc(-c5cccc6c5sc5ccccc56)c4)n3)cc2-n2c3ccccc3c3ccccc32)cc1. The Labute approximate surface area is 385 Å². The Balaban J connectivity index is 1.02. The lowest BCUT2D eigenvalue weighted by Gasteiger charge is -2.16. The van der Waals surface area contributed by atoms with Crippen LogP contribution in [0.4, 0.5) is 0 Å². The van der Waals surface area contributed by atoms with E-state index in [0.29, 0.717) is 17.5 Å². The Morgan fingerprint density at radius 2 is 0.818 bits per heavy atom. The predicted octanol–water partition coefficient (Wildman–Crippen LogP) is 16.5.